The van der Waals surface area contributed by atoms with E-state index < -0.39 is 0 Å². The smallest absolute Gasteiger partial charge is 0.319 e. The number of urea groups is 1. The van der Waals surface area contributed by atoms with Gasteiger partial charge in [-0.2, -0.15) is 10.2 Å². The van der Waals surface area contributed by atoms with Gasteiger partial charge in [-0.15, -0.1) is 0 Å². The highest BCUT2D eigenvalue weighted by Gasteiger charge is 2.29. The van der Waals surface area contributed by atoms with Crippen LogP contribution in [-0.4, -0.2) is 31.0 Å². The molecule has 0 saturated heterocycles. The van der Waals surface area contributed by atoms with Crippen molar-refractivity contribution in [3.05, 3.63) is 71.9 Å². The van der Waals surface area contributed by atoms with E-state index in [1.807, 2.05) is 43.7 Å². The van der Waals surface area contributed by atoms with Gasteiger partial charge in [-0.05, 0) is 60.1 Å². The fraction of sp³-hybridized carbons (Fsp3) is 0.308. The van der Waals surface area contributed by atoms with E-state index in [-0.39, 0.29) is 11.4 Å². The van der Waals surface area contributed by atoms with Gasteiger partial charge in [0.15, 0.2) is 0 Å². The molecule has 0 atom stereocenters. The van der Waals surface area contributed by atoms with Crippen molar-refractivity contribution in [2.75, 3.05) is 5.32 Å². The van der Waals surface area contributed by atoms with Gasteiger partial charge in [0.25, 0.3) is 0 Å². The Morgan fingerprint density at radius 1 is 1.18 bits per heavy atom. The minimum Gasteiger partial charge on any atom is -0.334 e. The second-order valence-electron chi connectivity index (χ2n) is 9.74. The monoisotopic (exact) mass is 455 g/mol. The molecule has 3 heterocycles. The number of aromatic amines is 1. The Bertz CT molecular complexity index is 1320. The Morgan fingerprint density at radius 2 is 2.03 bits per heavy atom. The SMILES string of the molecule is Cn1cc(-c2cc(NC(=O)NCc3cccnc3)cc(-c3n[nH]c4c3CCC(C)(C)C4)c2)cn1. The topological polar surface area (TPSA) is 101 Å². The maximum Gasteiger partial charge on any atom is 0.319 e. The number of pyridine rings is 1. The normalized spacial score (nSPS) is 14.4. The van der Waals surface area contributed by atoms with Crippen molar-refractivity contribution in [2.24, 2.45) is 12.5 Å². The first-order chi connectivity index (χ1) is 16.4. The fourth-order valence-corrected chi connectivity index (χ4v) is 4.52. The first-order valence-corrected chi connectivity index (χ1v) is 11.5. The van der Waals surface area contributed by atoms with Crippen molar-refractivity contribution in [2.45, 2.75) is 39.7 Å². The number of nitrogens with one attached hydrogen (secondary N) is 3. The molecule has 1 aliphatic rings. The lowest BCUT2D eigenvalue weighted by molar-refractivity contribution is 0.251. The number of aromatic nitrogens is 5. The minimum absolute atomic E-state index is 0.271. The molecular weight excluding hydrogens is 426 g/mol. The summed E-state index contributed by atoms with van der Waals surface area (Å²) in [6.07, 6.45) is 10.3. The number of anilines is 1. The van der Waals surface area contributed by atoms with E-state index in [4.69, 9.17) is 0 Å². The van der Waals surface area contributed by atoms with Crippen LogP contribution in [-0.2, 0) is 26.4 Å². The average Bonchev–Trinajstić information content (AvgIpc) is 3.43. The van der Waals surface area contributed by atoms with E-state index in [0.717, 1.165) is 47.2 Å². The van der Waals surface area contributed by atoms with Crippen LogP contribution in [0.25, 0.3) is 22.4 Å². The quantitative estimate of drug-likeness (QED) is 0.406. The highest BCUT2D eigenvalue weighted by Crippen LogP contribution is 2.39. The van der Waals surface area contributed by atoms with Gasteiger partial charge in [-0.25, -0.2) is 4.79 Å². The van der Waals surface area contributed by atoms with Crippen LogP contribution in [0.1, 0.15) is 37.1 Å². The summed E-state index contributed by atoms with van der Waals surface area (Å²) in [5.74, 6) is 0. The molecule has 0 unspecified atom stereocenters. The molecule has 0 spiro atoms. The van der Waals surface area contributed by atoms with Crippen molar-refractivity contribution >= 4 is 11.7 Å². The zero-order chi connectivity index (χ0) is 23.7. The number of hydrogen-bond acceptors (Lipinski definition) is 4. The summed E-state index contributed by atoms with van der Waals surface area (Å²) in [4.78, 5) is 16.7. The van der Waals surface area contributed by atoms with E-state index in [1.165, 1.54) is 11.3 Å². The number of carbonyl (C=O) groups excluding carboxylic acids is 1. The van der Waals surface area contributed by atoms with Crippen molar-refractivity contribution in [3.8, 4) is 22.4 Å². The number of nitrogens with zero attached hydrogens (tertiary/aromatic N) is 4. The van der Waals surface area contributed by atoms with Gasteiger partial charge in [0.1, 0.15) is 0 Å². The van der Waals surface area contributed by atoms with Crippen LogP contribution >= 0.6 is 0 Å². The molecule has 1 aromatic carbocycles. The molecule has 34 heavy (non-hydrogen) atoms. The first-order valence-electron chi connectivity index (χ1n) is 11.5. The predicted octanol–water partition coefficient (Wildman–Crippen LogP) is 4.71. The van der Waals surface area contributed by atoms with Crippen molar-refractivity contribution in [1.82, 2.24) is 30.3 Å². The summed E-state index contributed by atoms with van der Waals surface area (Å²) in [6, 6.07) is 9.57. The van der Waals surface area contributed by atoms with Gasteiger partial charge in [-0.1, -0.05) is 19.9 Å². The summed E-state index contributed by atoms with van der Waals surface area (Å²) < 4.78 is 1.77. The van der Waals surface area contributed by atoms with E-state index in [9.17, 15) is 4.79 Å². The van der Waals surface area contributed by atoms with E-state index in [0.29, 0.717) is 12.2 Å². The molecule has 2 amide bonds. The summed E-state index contributed by atoms with van der Waals surface area (Å²) in [7, 11) is 1.89. The van der Waals surface area contributed by atoms with Crippen molar-refractivity contribution < 1.29 is 4.79 Å². The number of carbonyl (C=O) groups is 1. The molecule has 0 radical (unpaired) electrons. The highest BCUT2D eigenvalue weighted by atomic mass is 16.2. The lowest BCUT2D eigenvalue weighted by Crippen LogP contribution is -2.28. The van der Waals surface area contributed by atoms with Crippen LogP contribution in [0.4, 0.5) is 10.5 Å². The summed E-state index contributed by atoms with van der Waals surface area (Å²) in [5, 5.41) is 18.2. The van der Waals surface area contributed by atoms with Gasteiger partial charge in [0.2, 0.25) is 0 Å². The Hall–Kier alpha value is -3.94. The summed E-state index contributed by atoms with van der Waals surface area (Å²) >= 11 is 0. The van der Waals surface area contributed by atoms with Crippen LogP contribution in [0, 0.1) is 5.41 Å². The van der Waals surface area contributed by atoms with Gasteiger partial charge >= 0.3 is 6.03 Å². The van der Waals surface area contributed by atoms with Gasteiger partial charge in [0, 0.05) is 60.3 Å². The number of hydrogen-bond donors (Lipinski definition) is 3. The first kappa shape index (κ1) is 21.9. The molecule has 8 nitrogen and oxygen atoms in total. The Morgan fingerprint density at radius 3 is 2.79 bits per heavy atom. The predicted molar refractivity (Wildman–Crippen MR) is 132 cm³/mol. The van der Waals surface area contributed by atoms with Crippen LogP contribution in [0.3, 0.4) is 0 Å². The highest BCUT2D eigenvalue weighted by molar-refractivity contribution is 5.91. The standard InChI is InChI=1S/C26H29N7O/c1-26(2)7-6-22-23(12-26)31-32-24(22)19-9-18(20-15-29-33(3)16-20)10-21(11-19)30-25(34)28-14-17-5-4-8-27-13-17/h4-5,8-11,13,15-16H,6-7,12,14H2,1-3H3,(H,31,32)(H2,28,30,34). The molecular formula is C26H29N7O. The molecule has 8 heteroatoms. The van der Waals surface area contributed by atoms with Gasteiger partial charge in [0.05, 0.1) is 11.9 Å². The lowest BCUT2D eigenvalue weighted by Gasteiger charge is -2.29. The number of aryl methyl sites for hydroxylation is 1. The van der Waals surface area contributed by atoms with Gasteiger partial charge < -0.3 is 10.6 Å². The number of H-pyrrole nitrogens is 1. The van der Waals surface area contributed by atoms with Gasteiger partial charge in [-0.3, -0.25) is 14.8 Å². The van der Waals surface area contributed by atoms with Crippen LogP contribution in [0.2, 0.25) is 0 Å². The Balaban J connectivity index is 1.45. The van der Waals surface area contributed by atoms with Crippen LogP contribution < -0.4 is 10.6 Å². The van der Waals surface area contributed by atoms with E-state index in [2.05, 4.69) is 50.8 Å². The Kier molecular flexibility index (Phi) is 5.65. The number of benzene rings is 1. The second-order valence-corrected chi connectivity index (χ2v) is 9.74. The van der Waals surface area contributed by atoms with Crippen molar-refractivity contribution in [1.29, 1.82) is 0 Å². The molecule has 0 saturated carbocycles. The fourth-order valence-electron chi connectivity index (χ4n) is 4.52. The average molecular weight is 456 g/mol. The molecule has 3 aromatic heterocycles. The second kappa shape index (κ2) is 8.78. The largest absolute Gasteiger partial charge is 0.334 e. The maximum absolute atomic E-state index is 12.7. The molecule has 0 aliphatic heterocycles. The van der Waals surface area contributed by atoms with Crippen molar-refractivity contribution in [3.63, 3.8) is 0 Å². The molecule has 1 aliphatic carbocycles. The summed E-state index contributed by atoms with van der Waals surface area (Å²) in [5.41, 5.74) is 8.27. The number of amides is 2. The Labute approximate surface area is 198 Å². The molecule has 5 rings (SSSR count). The lowest BCUT2D eigenvalue weighted by atomic mass is 9.76. The minimum atomic E-state index is -0.274. The summed E-state index contributed by atoms with van der Waals surface area (Å²) in [6.45, 7) is 4.99. The molecule has 4 aromatic rings. The van der Waals surface area contributed by atoms with Crippen LogP contribution in [0.5, 0.6) is 0 Å². The zero-order valence-electron chi connectivity index (χ0n) is 19.7. The maximum atomic E-state index is 12.7. The van der Waals surface area contributed by atoms with E-state index >= 15 is 0 Å². The third kappa shape index (κ3) is 4.71. The third-order valence-corrected chi connectivity index (χ3v) is 6.34. The molecule has 0 fully saturated rings. The molecule has 174 valence electrons. The van der Waals surface area contributed by atoms with E-state index in [1.54, 1.807) is 17.1 Å². The molecule has 3 N–H and O–H groups in total. The zero-order valence-corrected chi connectivity index (χ0v) is 19.7. The van der Waals surface area contributed by atoms with Crippen LogP contribution in [0.15, 0.2) is 55.1 Å². The number of rotatable bonds is 5. The number of fused-ring (bicyclic) bond motifs is 1. The third-order valence-electron chi connectivity index (χ3n) is 6.34. The molecule has 0 bridgehead atoms.